The molecule has 1 aromatic carbocycles. The van der Waals surface area contributed by atoms with Gasteiger partial charge in [0, 0.05) is 13.1 Å². The Morgan fingerprint density at radius 2 is 1.68 bits per heavy atom. The van der Waals surface area contributed by atoms with Crippen molar-refractivity contribution in [1.29, 1.82) is 10.5 Å². The lowest BCUT2D eigenvalue weighted by molar-refractivity contribution is -0.137. The summed E-state index contributed by atoms with van der Waals surface area (Å²) >= 11 is 0. The van der Waals surface area contributed by atoms with E-state index in [1.807, 2.05) is 0 Å². The van der Waals surface area contributed by atoms with E-state index in [-0.39, 0.29) is 25.9 Å². The van der Waals surface area contributed by atoms with E-state index in [4.69, 9.17) is 10.5 Å². The molecule has 0 bridgehead atoms. The predicted molar refractivity (Wildman–Crippen MR) is 67.8 cm³/mol. The number of alkyl halides is 3. The highest BCUT2D eigenvalue weighted by Crippen LogP contribution is 2.30. The first-order valence-electron chi connectivity index (χ1n) is 6.21. The standard InChI is InChI=1S/C14H11F4N3O/c15-12-4-3-10(14(16,17)18)9-11(12)13(22)21(7-1-5-19)8-2-6-20/h3-4,9H,1-2,7-8H2. The van der Waals surface area contributed by atoms with Gasteiger partial charge in [0.15, 0.2) is 0 Å². The van der Waals surface area contributed by atoms with Gasteiger partial charge in [0.05, 0.1) is 36.1 Å². The molecule has 1 rings (SSSR count). The Kier molecular flexibility index (Phi) is 5.88. The Morgan fingerprint density at radius 3 is 2.14 bits per heavy atom. The van der Waals surface area contributed by atoms with Crippen LogP contribution in [0.15, 0.2) is 18.2 Å². The molecule has 0 saturated heterocycles. The van der Waals surface area contributed by atoms with Gasteiger partial charge in [0.25, 0.3) is 5.91 Å². The van der Waals surface area contributed by atoms with Gasteiger partial charge in [0.2, 0.25) is 0 Å². The molecule has 0 N–H and O–H groups in total. The van der Waals surface area contributed by atoms with Gasteiger partial charge in [-0.15, -0.1) is 0 Å². The molecule has 8 heteroatoms. The van der Waals surface area contributed by atoms with Crippen LogP contribution in [0.2, 0.25) is 0 Å². The molecule has 0 aliphatic carbocycles. The molecule has 116 valence electrons. The van der Waals surface area contributed by atoms with Gasteiger partial charge in [0.1, 0.15) is 5.82 Å². The van der Waals surface area contributed by atoms with Crippen LogP contribution < -0.4 is 0 Å². The van der Waals surface area contributed by atoms with Crippen LogP contribution in [-0.2, 0) is 6.18 Å². The Bertz CT molecular complexity index is 610. The number of hydrogen-bond acceptors (Lipinski definition) is 3. The summed E-state index contributed by atoms with van der Waals surface area (Å²) in [6.07, 6.45) is -4.84. The fourth-order valence-electron chi connectivity index (χ4n) is 1.72. The van der Waals surface area contributed by atoms with Crippen LogP contribution in [0.25, 0.3) is 0 Å². The molecule has 0 fully saturated rings. The van der Waals surface area contributed by atoms with E-state index >= 15 is 0 Å². The lowest BCUT2D eigenvalue weighted by Crippen LogP contribution is -2.33. The number of rotatable bonds is 5. The topological polar surface area (TPSA) is 67.9 Å². The van der Waals surface area contributed by atoms with Crippen molar-refractivity contribution in [3.8, 4) is 12.1 Å². The van der Waals surface area contributed by atoms with E-state index in [1.54, 1.807) is 12.1 Å². The Balaban J connectivity index is 3.12. The monoisotopic (exact) mass is 313 g/mol. The van der Waals surface area contributed by atoms with Crippen LogP contribution in [0, 0.1) is 28.5 Å². The molecule has 0 unspecified atom stereocenters. The fraction of sp³-hybridized carbons (Fsp3) is 0.357. The molecular weight excluding hydrogens is 302 g/mol. The Hall–Kier alpha value is -2.61. The number of hydrogen-bond donors (Lipinski definition) is 0. The molecule has 1 aromatic rings. The van der Waals surface area contributed by atoms with Crippen molar-refractivity contribution in [2.24, 2.45) is 0 Å². The highest BCUT2D eigenvalue weighted by atomic mass is 19.4. The van der Waals surface area contributed by atoms with Crippen LogP contribution in [0.4, 0.5) is 17.6 Å². The van der Waals surface area contributed by atoms with Crippen molar-refractivity contribution in [3.05, 3.63) is 35.1 Å². The van der Waals surface area contributed by atoms with E-state index in [0.717, 1.165) is 4.90 Å². The second kappa shape index (κ2) is 7.41. The first-order valence-corrected chi connectivity index (χ1v) is 6.21. The van der Waals surface area contributed by atoms with Crippen molar-refractivity contribution in [2.75, 3.05) is 13.1 Å². The summed E-state index contributed by atoms with van der Waals surface area (Å²) < 4.78 is 51.6. The van der Waals surface area contributed by atoms with Gasteiger partial charge in [-0.3, -0.25) is 4.79 Å². The molecule has 4 nitrogen and oxygen atoms in total. The third-order valence-corrected chi connectivity index (χ3v) is 2.80. The van der Waals surface area contributed by atoms with Crippen LogP contribution in [0.5, 0.6) is 0 Å². The summed E-state index contributed by atoms with van der Waals surface area (Å²) in [6.45, 7) is -0.181. The fourth-order valence-corrected chi connectivity index (χ4v) is 1.72. The van der Waals surface area contributed by atoms with E-state index in [9.17, 15) is 22.4 Å². The summed E-state index contributed by atoms with van der Waals surface area (Å²) in [5.74, 6) is -2.06. The number of carbonyl (C=O) groups is 1. The van der Waals surface area contributed by atoms with Crippen molar-refractivity contribution in [3.63, 3.8) is 0 Å². The second-order valence-corrected chi connectivity index (χ2v) is 4.30. The molecule has 0 atom stereocenters. The molecular formula is C14H11F4N3O. The maximum atomic E-state index is 13.7. The van der Waals surface area contributed by atoms with Gasteiger partial charge in [-0.25, -0.2) is 4.39 Å². The molecule has 0 radical (unpaired) electrons. The summed E-state index contributed by atoms with van der Waals surface area (Å²) in [5, 5.41) is 17.0. The average Bonchev–Trinajstić information content (AvgIpc) is 2.46. The number of benzene rings is 1. The summed E-state index contributed by atoms with van der Waals surface area (Å²) in [5.41, 5.74) is -1.87. The van der Waals surface area contributed by atoms with Crippen LogP contribution in [0.3, 0.4) is 0 Å². The van der Waals surface area contributed by atoms with Crippen molar-refractivity contribution >= 4 is 5.91 Å². The normalized spacial score (nSPS) is 10.6. The molecule has 1 amide bonds. The maximum Gasteiger partial charge on any atom is 0.416 e. The molecule has 0 saturated carbocycles. The van der Waals surface area contributed by atoms with Gasteiger partial charge >= 0.3 is 6.18 Å². The highest BCUT2D eigenvalue weighted by Gasteiger charge is 2.32. The zero-order valence-corrected chi connectivity index (χ0v) is 11.3. The summed E-state index contributed by atoms with van der Waals surface area (Å²) in [7, 11) is 0. The highest BCUT2D eigenvalue weighted by molar-refractivity contribution is 5.94. The Morgan fingerprint density at radius 1 is 1.14 bits per heavy atom. The van der Waals surface area contributed by atoms with E-state index in [1.165, 1.54) is 0 Å². The summed E-state index contributed by atoms with van der Waals surface area (Å²) in [4.78, 5) is 13.1. The summed E-state index contributed by atoms with van der Waals surface area (Å²) in [6, 6.07) is 5.11. The van der Waals surface area contributed by atoms with Gasteiger partial charge in [-0.2, -0.15) is 23.7 Å². The lowest BCUT2D eigenvalue weighted by atomic mass is 10.1. The molecule has 0 aliphatic heterocycles. The minimum atomic E-state index is -4.70. The average molecular weight is 313 g/mol. The van der Waals surface area contributed by atoms with Crippen LogP contribution in [-0.4, -0.2) is 23.9 Å². The smallest absolute Gasteiger partial charge is 0.336 e. The largest absolute Gasteiger partial charge is 0.416 e. The van der Waals surface area contributed by atoms with E-state index in [2.05, 4.69) is 0 Å². The van der Waals surface area contributed by atoms with E-state index < -0.39 is 29.0 Å². The number of nitriles is 2. The number of amides is 1. The first kappa shape index (κ1) is 17.4. The number of carbonyl (C=O) groups excluding carboxylic acids is 1. The van der Waals surface area contributed by atoms with Crippen molar-refractivity contribution < 1.29 is 22.4 Å². The third kappa shape index (κ3) is 4.45. The molecule has 0 spiro atoms. The molecule has 0 heterocycles. The van der Waals surface area contributed by atoms with E-state index in [0.29, 0.717) is 18.2 Å². The van der Waals surface area contributed by atoms with Gasteiger partial charge in [-0.1, -0.05) is 0 Å². The van der Waals surface area contributed by atoms with Crippen LogP contribution in [0.1, 0.15) is 28.8 Å². The third-order valence-electron chi connectivity index (χ3n) is 2.80. The maximum absolute atomic E-state index is 13.7. The van der Waals surface area contributed by atoms with Crippen molar-refractivity contribution in [2.45, 2.75) is 19.0 Å². The zero-order valence-electron chi connectivity index (χ0n) is 11.3. The SMILES string of the molecule is N#CCCN(CCC#N)C(=O)c1cc(C(F)(F)F)ccc1F. The minimum Gasteiger partial charge on any atom is -0.336 e. The second-order valence-electron chi connectivity index (χ2n) is 4.30. The molecule has 22 heavy (non-hydrogen) atoms. The minimum absolute atomic E-state index is 0.0717. The van der Waals surface area contributed by atoms with Gasteiger partial charge < -0.3 is 4.90 Å². The van der Waals surface area contributed by atoms with Gasteiger partial charge in [-0.05, 0) is 18.2 Å². The first-order chi connectivity index (χ1) is 10.3. The van der Waals surface area contributed by atoms with Crippen LogP contribution >= 0.6 is 0 Å². The number of nitrogens with zero attached hydrogens (tertiary/aromatic N) is 3. The number of halogens is 4. The molecule has 0 aromatic heterocycles. The quantitative estimate of drug-likeness (QED) is 0.784. The zero-order chi connectivity index (χ0) is 16.8. The predicted octanol–water partition coefficient (Wildman–Crippen LogP) is 3.11. The lowest BCUT2D eigenvalue weighted by Gasteiger charge is -2.21. The molecule has 0 aliphatic rings. The van der Waals surface area contributed by atoms with Crippen molar-refractivity contribution in [1.82, 2.24) is 4.90 Å². The Labute approximate surface area is 124 Å².